The van der Waals surface area contributed by atoms with Crippen molar-refractivity contribution in [2.75, 3.05) is 18.4 Å². The van der Waals surface area contributed by atoms with Crippen molar-refractivity contribution < 1.29 is 22.0 Å². The Kier molecular flexibility index (Phi) is 5.23. The molecule has 1 N–H and O–H groups in total. The Balaban J connectivity index is 2.13. The number of anilines is 1. The van der Waals surface area contributed by atoms with Gasteiger partial charge in [0.1, 0.15) is 0 Å². The van der Waals surface area contributed by atoms with Crippen LogP contribution in [0, 0.1) is 11.8 Å². The number of nitrogens with one attached hydrogen (secondary N) is 1. The molecule has 1 fully saturated rings. The number of halogens is 2. The van der Waals surface area contributed by atoms with Gasteiger partial charge in [-0.05, 0) is 36.5 Å². The van der Waals surface area contributed by atoms with Crippen molar-refractivity contribution in [2.24, 2.45) is 11.8 Å². The van der Waals surface area contributed by atoms with Crippen LogP contribution in [-0.2, 0) is 9.84 Å². The van der Waals surface area contributed by atoms with Crippen LogP contribution in [-0.4, -0.2) is 38.2 Å². The van der Waals surface area contributed by atoms with E-state index < -0.39 is 20.5 Å². The number of benzene rings is 1. The first-order chi connectivity index (χ1) is 10.7. The van der Waals surface area contributed by atoms with Crippen LogP contribution in [0.4, 0.5) is 19.3 Å². The molecule has 0 saturated carbocycles. The molecular weight excluding hydrogens is 326 g/mol. The summed E-state index contributed by atoms with van der Waals surface area (Å²) < 4.78 is 48.1. The molecule has 0 unspecified atom stereocenters. The van der Waals surface area contributed by atoms with Crippen LogP contribution in [0.2, 0.25) is 0 Å². The molecular formula is C15H20F2N2O3S. The second kappa shape index (κ2) is 6.82. The van der Waals surface area contributed by atoms with Gasteiger partial charge in [-0.2, -0.15) is 8.78 Å². The molecule has 8 heteroatoms. The summed E-state index contributed by atoms with van der Waals surface area (Å²) in [7, 11) is -4.68. The minimum atomic E-state index is -4.68. The third kappa shape index (κ3) is 4.19. The van der Waals surface area contributed by atoms with Crippen LogP contribution < -0.4 is 5.32 Å². The first kappa shape index (κ1) is 17.7. The van der Waals surface area contributed by atoms with Crippen molar-refractivity contribution >= 4 is 21.6 Å². The quantitative estimate of drug-likeness (QED) is 0.914. The standard InChI is InChI=1S/C15H20F2N2O3S/c1-10-6-11(2)9-19(8-10)15(20)18-12-4-3-5-13(7-12)23(21,22)14(16)17/h3-5,7,10-11,14H,6,8-9H2,1-2H3,(H,18,20)/t10-,11-/m1/s1. The molecule has 2 amide bonds. The third-order valence-electron chi connectivity index (χ3n) is 3.80. The molecule has 0 spiro atoms. The van der Waals surface area contributed by atoms with Crippen LogP contribution in [0.3, 0.4) is 0 Å². The highest BCUT2D eigenvalue weighted by Crippen LogP contribution is 2.24. The zero-order valence-corrected chi connectivity index (χ0v) is 13.8. The highest BCUT2D eigenvalue weighted by atomic mass is 32.2. The van der Waals surface area contributed by atoms with E-state index in [2.05, 4.69) is 19.2 Å². The highest BCUT2D eigenvalue weighted by molar-refractivity contribution is 7.91. The number of carbonyl (C=O) groups excluding carboxylic acids is 1. The Hall–Kier alpha value is -1.70. The molecule has 128 valence electrons. The summed E-state index contributed by atoms with van der Waals surface area (Å²) in [4.78, 5) is 13.4. The molecule has 0 radical (unpaired) electrons. The van der Waals surface area contributed by atoms with Gasteiger partial charge in [-0.1, -0.05) is 19.9 Å². The summed E-state index contributed by atoms with van der Waals surface area (Å²) in [5, 5.41) is 2.58. The van der Waals surface area contributed by atoms with Gasteiger partial charge in [0.15, 0.2) is 0 Å². The van der Waals surface area contributed by atoms with Gasteiger partial charge >= 0.3 is 11.8 Å². The van der Waals surface area contributed by atoms with Gasteiger partial charge in [0, 0.05) is 18.8 Å². The number of carbonyl (C=O) groups is 1. The average Bonchev–Trinajstić information content (AvgIpc) is 2.46. The molecule has 0 bridgehead atoms. The number of nitrogens with zero attached hydrogens (tertiary/aromatic N) is 1. The lowest BCUT2D eigenvalue weighted by Gasteiger charge is -2.34. The third-order valence-corrected chi connectivity index (χ3v) is 5.18. The molecule has 23 heavy (non-hydrogen) atoms. The van der Waals surface area contributed by atoms with Crippen molar-refractivity contribution in [1.29, 1.82) is 0 Å². The van der Waals surface area contributed by atoms with E-state index in [1.54, 1.807) is 4.90 Å². The van der Waals surface area contributed by atoms with Crippen molar-refractivity contribution in [2.45, 2.75) is 30.9 Å². The predicted octanol–water partition coefficient (Wildman–Crippen LogP) is 3.19. The fourth-order valence-electron chi connectivity index (χ4n) is 2.88. The van der Waals surface area contributed by atoms with Gasteiger partial charge in [0.2, 0.25) is 9.84 Å². The fourth-order valence-corrected chi connectivity index (χ4v) is 3.65. The van der Waals surface area contributed by atoms with E-state index in [4.69, 9.17) is 0 Å². The number of sulfone groups is 1. The van der Waals surface area contributed by atoms with Gasteiger partial charge in [-0.3, -0.25) is 0 Å². The first-order valence-electron chi connectivity index (χ1n) is 7.38. The van der Waals surface area contributed by atoms with Gasteiger partial charge in [-0.25, -0.2) is 13.2 Å². The number of alkyl halides is 2. The number of hydrogen-bond donors (Lipinski definition) is 1. The lowest BCUT2D eigenvalue weighted by molar-refractivity contribution is 0.156. The van der Waals surface area contributed by atoms with E-state index in [1.807, 2.05) is 0 Å². The zero-order chi connectivity index (χ0) is 17.2. The summed E-state index contributed by atoms with van der Waals surface area (Å²) in [6.07, 6.45) is 1.05. The smallest absolute Gasteiger partial charge is 0.324 e. The van der Waals surface area contributed by atoms with E-state index in [0.29, 0.717) is 24.9 Å². The number of urea groups is 1. The molecule has 2 rings (SSSR count). The van der Waals surface area contributed by atoms with Crippen LogP contribution >= 0.6 is 0 Å². The Morgan fingerprint density at radius 2 is 1.87 bits per heavy atom. The van der Waals surface area contributed by atoms with Gasteiger partial charge < -0.3 is 10.2 Å². The summed E-state index contributed by atoms with van der Waals surface area (Å²) in [6.45, 7) is 5.36. The fraction of sp³-hybridized carbons (Fsp3) is 0.533. The molecule has 1 aliphatic rings. The highest BCUT2D eigenvalue weighted by Gasteiger charge is 2.28. The van der Waals surface area contributed by atoms with E-state index in [9.17, 15) is 22.0 Å². The Labute approximate surface area is 134 Å². The molecule has 0 aliphatic carbocycles. The lowest BCUT2D eigenvalue weighted by atomic mass is 9.92. The monoisotopic (exact) mass is 346 g/mol. The molecule has 1 aliphatic heterocycles. The number of hydrogen-bond acceptors (Lipinski definition) is 3. The van der Waals surface area contributed by atoms with E-state index >= 15 is 0 Å². The van der Waals surface area contributed by atoms with Crippen molar-refractivity contribution in [3.05, 3.63) is 24.3 Å². The van der Waals surface area contributed by atoms with Crippen molar-refractivity contribution in [3.8, 4) is 0 Å². The number of piperidine rings is 1. The largest absolute Gasteiger partial charge is 0.341 e. The SMILES string of the molecule is C[C@@H]1C[C@@H](C)CN(C(=O)Nc2cccc(S(=O)(=O)C(F)F)c2)C1. The summed E-state index contributed by atoms with van der Waals surface area (Å²) in [5.41, 5.74) is 0.183. The molecule has 2 atom stereocenters. The molecule has 0 aromatic heterocycles. The van der Waals surface area contributed by atoms with Crippen LogP contribution in [0.5, 0.6) is 0 Å². The molecule has 1 aromatic carbocycles. The van der Waals surface area contributed by atoms with E-state index in [0.717, 1.165) is 18.6 Å². The van der Waals surface area contributed by atoms with Crippen molar-refractivity contribution in [1.82, 2.24) is 4.90 Å². The number of likely N-dealkylation sites (tertiary alicyclic amines) is 1. The number of rotatable bonds is 3. The van der Waals surface area contributed by atoms with E-state index in [-0.39, 0.29) is 11.7 Å². The second-order valence-electron chi connectivity index (χ2n) is 6.11. The van der Waals surface area contributed by atoms with E-state index in [1.165, 1.54) is 12.1 Å². The predicted molar refractivity (Wildman–Crippen MR) is 83.2 cm³/mol. The lowest BCUT2D eigenvalue weighted by Crippen LogP contribution is -2.44. The molecule has 1 saturated heterocycles. The normalized spacial score (nSPS) is 22.2. The molecule has 1 heterocycles. The van der Waals surface area contributed by atoms with Crippen molar-refractivity contribution in [3.63, 3.8) is 0 Å². The van der Waals surface area contributed by atoms with Gasteiger partial charge in [0.05, 0.1) is 4.90 Å². The molecule has 1 aromatic rings. The molecule has 5 nitrogen and oxygen atoms in total. The second-order valence-corrected chi connectivity index (χ2v) is 8.03. The minimum Gasteiger partial charge on any atom is -0.324 e. The maximum atomic E-state index is 12.6. The Morgan fingerprint density at radius 3 is 2.43 bits per heavy atom. The zero-order valence-electron chi connectivity index (χ0n) is 13.0. The van der Waals surface area contributed by atoms with Gasteiger partial charge in [0.25, 0.3) is 0 Å². The van der Waals surface area contributed by atoms with Gasteiger partial charge in [-0.15, -0.1) is 0 Å². The maximum absolute atomic E-state index is 12.6. The summed E-state index contributed by atoms with van der Waals surface area (Å²) >= 11 is 0. The Morgan fingerprint density at radius 1 is 1.26 bits per heavy atom. The Bertz CT molecular complexity index is 669. The van der Waals surface area contributed by atoms with Crippen LogP contribution in [0.1, 0.15) is 20.3 Å². The van der Waals surface area contributed by atoms with Crippen LogP contribution in [0.25, 0.3) is 0 Å². The number of amides is 2. The minimum absolute atomic E-state index is 0.183. The first-order valence-corrected chi connectivity index (χ1v) is 8.93. The summed E-state index contributed by atoms with van der Waals surface area (Å²) in [6, 6.07) is 4.58. The van der Waals surface area contributed by atoms with Crippen LogP contribution in [0.15, 0.2) is 29.2 Å². The average molecular weight is 346 g/mol. The maximum Gasteiger partial charge on any atom is 0.341 e. The summed E-state index contributed by atoms with van der Waals surface area (Å²) in [5.74, 6) is -2.72. The topological polar surface area (TPSA) is 66.5 Å².